The number of carbonyl (C=O) groups excluding carboxylic acids is 1. The fraction of sp³-hybridized carbons (Fsp3) is 0.158. The van der Waals surface area contributed by atoms with Crippen molar-refractivity contribution in [2.45, 2.75) is 6.54 Å². The van der Waals surface area contributed by atoms with E-state index in [1.165, 1.54) is 14.2 Å². The highest BCUT2D eigenvalue weighted by molar-refractivity contribution is 6.32. The van der Waals surface area contributed by atoms with E-state index in [0.717, 1.165) is 5.69 Å². The van der Waals surface area contributed by atoms with Crippen molar-refractivity contribution in [2.75, 3.05) is 24.9 Å². The first kappa shape index (κ1) is 19.4. The molecule has 0 radical (unpaired) electrons. The molecule has 1 amide bonds. The Kier molecular flexibility index (Phi) is 6.23. The minimum Gasteiger partial charge on any atom is -0.495 e. The van der Waals surface area contributed by atoms with Crippen molar-refractivity contribution in [1.82, 2.24) is 15.2 Å². The number of amides is 1. The van der Waals surface area contributed by atoms with E-state index in [0.29, 0.717) is 34.6 Å². The molecule has 3 aromatic rings. The third-order valence-corrected chi connectivity index (χ3v) is 4.09. The van der Waals surface area contributed by atoms with Gasteiger partial charge in [0.1, 0.15) is 17.3 Å². The first-order chi connectivity index (χ1) is 13.6. The van der Waals surface area contributed by atoms with Crippen LogP contribution in [0.1, 0.15) is 16.2 Å². The Morgan fingerprint density at radius 1 is 1.07 bits per heavy atom. The van der Waals surface area contributed by atoms with Gasteiger partial charge in [-0.05, 0) is 24.3 Å². The van der Waals surface area contributed by atoms with Gasteiger partial charge in [0.05, 0.1) is 37.2 Å². The summed E-state index contributed by atoms with van der Waals surface area (Å²) in [6, 6.07) is 12.0. The second-order valence-corrected chi connectivity index (χ2v) is 6.03. The first-order valence-corrected chi connectivity index (χ1v) is 8.69. The third-order valence-electron chi connectivity index (χ3n) is 3.80. The van der Waals surface area contributed by atoms with Gasteiger partial charge in [0.15, 0.2) is 5.69 Å². The van der Waals surface area contributed by atoms with Crippen LogP contribution in [0, 0.1) is 0 Å². The third kappa shape index (κ3) is 4.66. The quantitative estimate of drug-likeness (QED) is 0.628. The summed E-state index contributed by atoms with van der Waals surface area (Å²) < 4.78 is 10.4. The van der Waals surface area contributed by atoms with Gasteiger partial charge in [-0.1, -0.05) is 17.7 Å². The topological polar surface area (TPSA) is 98.3 Å². The van der Waals surface area contributed by atoms with E-state index >= 15 is 0 Å². The van der Waals surface area contributed by atoms with E-state index < -0.39 is 5.91 Å². The molecule has 0 atom stereocenters. The van der Waals surface area contributed by atoms with Crippen molar-refractivity contribution in [1.29, 1.82) is 0 Å². The highest BCUT2D eigenvalue weighted by atomic mass is 35.5. The van der Waals surface area contributed by atoms with Crippen LogP contribution in [-0.2, 0) is 6.54 Å². The van der Waals surface area contributed by atoms with Crippen molar-refractivity contribution >= 4 is 29.0 Å². The van der Waals surface area contributed by atoms with Crippen LogP contribution >= 0.6 is 11.6 Å². The summed E-state index contributed by atoms with van der Waals surface area (Å²) in [5.74, 6) is 0.915. The predicted octanol–water partition coefficient (Wildman–Crippen LogP) is 3.41. The lowest BCUT2D eigenvalue weighted by atomic mass is 10.2. The number of ether oxygens (including phenoxy) is 2. The maximum Gasteiger partial charge on any atom is 0.276 e. The van der Waals surface area contributed by atoms with E-state index in [4.69, 9.17) is 21.1 Å². The lowest BCUT2D eigenvalue weighted by Gasteiger charge is -2.13. The highest BCUT2D eigenvalue weighted by Gasteiger charge is 2.15. The zero-order chi connectivity index (χ0) is 19.9. The summed E-state index contributed by atoms with van der Waals surface area (Å²) >= 11 is 6.07. The van der Waals surface area contributed by atoms with Gasteiger partial charge in [-0.15, -0.1) is 10.2 Å². The number of pyridine rings is 1. The molecule has 0 spiro atoms. The Bertz CT molecular complexity index is 952. The summed E-state index contributed by atoms with van der Waals surface area (Å²) in [5.41, 5.74) is 1.43. The van der Waals surface area contributed by atoms with Gasteiger partial charge in [-0.2, -0.15) is 0 Å². The number of benzene rings is 1. The van der Waals surface area contributed by atoms with E-state index in [9.17, 15) is 4.79 Å². The Morgan fingerprint density at radius 3 is 2.54 bits per heavy atom. The molecule has 1 aromatic carbocycles. The van der Waals surface area contributed by atoms with Gasteiger partial charge < -0.3 is 20.1 Å². The lowest BCUT2D eigenvalue weighted by molar-refractivity contribution is 0.102. The molecule has 0 saturated heterocycles. The van der Waals surface area contributed by atoms with Crippen molar-refractivity contribution in [3.05, 3.63) is 65.1 Å². The first-order valence-electron chi connectivity index (χ1n) is 8.31. The van der Waals surface area contributed by atoms with Crippen molar-refractivity contribution in [2.24, 2.45) is 0 Å². The van der Waals surface area contributed by atoms with Gasteiger partial charge in [0.2, 0.25) is 0 Å². The SMILES string of the molecule is COc1cc(NC(=O)c2ccc(NCc3ccccn3)nn2)c(OC)cc1Cl. The van der Waals surface area contributed by atoms with Crippen LogP contribution in [0.15, 0.2) is 48.7 Å². The number of hydrogen-bond donors (Lipinski definition) is 2. The van der Waals surface area contributed by atoms with Gasteiger partial charge >= 0.3 is 0 Å². The molecule has 2 N–H and O–H groups in total. The Morgan fingerprint density at radius 2 is 1.89 bits per heavy atom. The molecule has 8 nitrogen and oxygen atoms in total. The number of nitrogens with one attached hydrogen (secondary N) is 2. The second-order valence-electron chi connectivity index (χ2n) is 5.62. The number of halogens is 1. The number of aromatic nitrogens is 3. The average Bonchev–Trinajstić information content (AvgIpc) is 2.74. The zero-order valence-corrected chi connectivity index (χ0v) is 16.0. The van der Waals surface area contributed by atoms with Crippen LogP contribution in [0.25, 0.3) is 0 Å². The van der Waals surface area contributed by atoms with Crippen molar-refractivity contribution in [3.8, 4) is 11.5 Å². The molecular formula is C19H18ClN5O3. The van der Waals surface area contributed by atoms with Gasteiger partial charge in [0, 0.05) is 18.3 Å². The summed E-state index contributed by atoms with van der Waals surface area (Å²) in [5, 5.41) is 14.2. The molecule has 0 saturated carbocycles. The fourth-order valence-corrected chi connectivity index (χ4v) is 2.61. The maximum absolute atomic E-state index is 12.5. The molecule has 0 aliphatic carbocycles. The molecule has 28 heavy (non-hydrogen) atoms. The predicted molar refractivity (Wildman–Crippen MR) is 106 cm³/mol. The number of carbonyl (C=O) groups is 1. The number of nitrogens with zero attached hydrogens (tertiary/aromatic N) is 3. The normalized spacial score (nSPS) is 10.2. The summed E-state index contributed by atoms with van der Waals surface area (Å²) in [4.78, 5) is 16.7. The fourth-order valence-electron chi connectivity index (χ4n) is 2.38. The minimum atomic E-state index is -0.438. The standard InChI is InChI=1S/C19H18ClN5O3/c1-27-16-10-15(17(28-2)9-13(16)20)23-19(26)14-6-7-18(25-24-14)22-11-12-5-3-4-8-21-12/h3-10H,11H2,1-2H3,(H,22,25)(H,23,26). The van der Waals surface area contributed by atoms with Gasteiger partial charge in [-0.25, -0.2) is 0 Å². The lowest BCUT2D eigenvalue weighted by Crippen LogP contribution is -2.15. The molecule has 9 heteroatoms. The Balaban J connectivity index is 1.68. The van der Waals surface area contributed by atoms with Crippen LogP contribution in [0.3, 0.4) is 0 Å². The average molecular weight is 400 g/mol. The molecule has 0 bridgehead atoms. The minimum absolute atomic E-state index is 0.152. The summed E-state index contributed by atoms with van der Waals surface area (Å²) in [6.45, 7) is 0.503. The van der Waals surface area contributed by atoms with E-state index in [-0.39, 0.29) is 5.69 Å². The van der Waals surface area contributed by atoms with Gasteiger partial charge in [-0.3, -0.25) is 9.78 Å². The van der Waals surface area contributed by atoms with E-state index in [1.807, 2.05) is 18.2 Å². The van der Waals surface area contributed by atoms with E-state index in [1.54, 1.807) is 30.5 Å². The van der Waals surface area contributed by atoms with Crippen LogP contribution in [-0.4, -0.2) is 35.3 Å². The number of rotatable bonds is 7. The molecule has 0 aliphatic rings. The Labute approximate surface area is 166 Å². The molecule has 144 valence electrons. The largest absolute Gasteiger partial charge is 0.495 e. The zero-order valence-electron chi connectivity index (χ0n) is 15.3. The Hall–Kier alpha value is -3.39. The van der Waals surface area contributed by atoms with Crippen LogP contribution < -0.4 is 20.1 Å². The molecular weight excluding hydrogens is 382 g/mol. The monoisotopic (exact) mass is 399 g/mol. The van der Waals surface area contributed by atoms with Crippen molar-refractivity contribution in [3.63, 3.8) is 0 Å². The molecule has 0 unspecified atom stereocenters. The second kappa shape index (κ2) is 9.01. The highest BCUT2D eigenvalue weighted by Crippen LogP contribution is 2.36. The van der Waals surface area contributed by atoms with Crippen LogP contribution in [0.4, 0.5) is 11.5 Å². The van der Waals surface area contributed by atoms with Crippen LogP contribution in [0.5, 0.6) is 11.5 Å². The van der Waals surface area contributed by atoms with Crippen LogP contribution in [0.2, 0.25) is 5.02 Å². The summed E-state index contributed by atoms with van der Waals surface area (Å²) in [6.07, 6.45) is 1.72. The number of hydrogen-bond acceptors (Lipinski definition) is 7. The number of anilines is 2. The molecule has 2 aromatic heterocycles. The van der Waals surface area contributed by atoms with Crippen molar-refractivity contribution < 1.29 is 14.3 Å². The summed E-state index contributed by atoms with van der Waals surface area (Å²) in [7, 11) is 2.97. The maximum atomic E-state index is 12.5. The van der Waals surface area contributed by atoms with E-state index in [2.05, 4.69) is 25.8 Å². The molecule has 0 fully saturated rings. The molecule has 3 rings (SSSR count). The molecule has 2 heterocycles. The molecule has 0 aliphatic heterocycles. The smallest absolute Gasteiger partial charge is 0.276 e. The van der Waals surface area contributed by atoms with Gasteiger partial charge in [0.25, 0.3) is 5.91 Å². The number of methoxy groups -OCH3 is 2.